The van der Waals surface area contributed by atoms with Crippen LogP contribution in [-0.4, -0.2) is 13.9 Å². The Kier molecular flexibility index (Phi) is 8.93. The molecule has 28 heavy (non-hydrogen) atoms. The number of halogens is 1. The Labute approximate surface area is 185 Å². The van der Waals surface area contributed by atoms with E-state index in [1.165, 1.54) is 69.5 Å². The first-order valence-electron chi connectivity index (χ1n) is 12.2. The maximum Gasteiger partial charge on any atom is 0.192 e. The zero-order valence-electron chi connectivity index (χ0n) is 19.9. The van der Waals surface area contributed by atoms with Crippen LogP contribution in [0.25, 0.3) is 0 Å². The highest BCUT2D eigenvalue weighted by molar-refractivity contribution is 9.11. The number of hydrogen-bond donors (Lipinski definition) is 0. The van der Waals surface area contributed by atoms with Gasteiger partial charge in [0.2, 0.25) is 0 Å². The van der Waals surface area contributed by atoms with E-state index in [4.69, 9.17) is 4.43 Å². The third-order valence-corrected chi connectivity index (χ3v) is 14.2. The molecule has 0 N–H and O–H groups in total. The molecule has 4 atom stereocenters. The summed E-state index contributed by atoms with van der Waals surface area (Å²) < 4.78 is 6.84. The lowest BCUT2D eigenvalue weighted by Gasteiger charge is -2.44. The Balaban J connectivity index is 1.91. The quantitative estimate of drug-likeness (QED) is 0.289. The highest BCUT2D eigenvalue weighted by Gasteiger charge is 2.50. The molecule has 0 unspecified atom stereocenters. The largest absolute Gasteiger partial charge is 0.412 e. The SMILES string of the molecule is CC[Si](CC)(CC)OC(C)(C)CCC[C@H](C)[C@H]1CC[C@H]2C(=CBr)CCC[C@]12C. The number of fused-ring (bicyclic) bond motifs is 1. The summed E-state index contributed by atoms with van der Waals surface area (Å²) in [7, 11) is -1.51. The van der Waals surface area contributed by atoms with Crippen molar-refractivity contribution in [3.8, 4) is 0 Å². The lowest BCUT2D eigenvalue weighted by molar-refractivity contribution is 0.0705. The zero-order valence-corrected chi connectivity index (χ0v) is 22.5. The van der Waals surface area contributed by atoms with Gasteiger partial charge in [0.25, 0.3) is 0 Å². The van der Waals surface area contributed by atoms with E-state index < -0.39 is 8.32 Å². The molecule has 2 fully saturated rings. The molecule has 0 aromatic carbocycles. The van der Waals surface area contributed by atoms with Crippen molar-refractivity contribution in [2.45, 2.75) is 124 Å². The van der Waals surface area contributed by atoms with E-state index in [2.05, 4.69) is 69.4 Å². The van der Waals surface area contributed by atoms with Crippen LogP contribution in [0.3, 0.4) is 0 Å². The molecule has 0 heterocycles. The highest BCUT2D eigenvalue weighted by Crippen LogP contribution is 2.60. The molecule has 0 aromatic heterocycles. The minimum Gasteiger partial charge on any atom is -0.412 e. The van der Waals surface area contributed by atoms with Crippen LogP contribution in [0, 0.1) is 23.2 Å². The first kappa shape index (κ1) is 24.7. The van der Waals surface area contributed by atoms with Gasteiger partial charge in [-0.15, -0.1) is 0 Å². The van der Waals surface area contributed by atoms with E-state index in [9.17, 15) is 0 Å². The second-order valence-corrected chi connectivity index (χ2v) is 15.9. The van der Waals surface area contributed by atoms with Gasteiger partial charge < -0.3 is 4.43 Å². The van der Waals surface area contributed by atoms with Crippen molar-refractivity contribution in [3.05, 3.63) is 10.6 Å². The molecule has 0 aliphatic heterocycles. The predicted octanol–water partition coefficient (Wildman–Crippen LogP) is 9.09. The molecule has 0 bridgehead atoms. The van der Waals surface area contributed by atoms with Crippen LogP contribution in [0.1, 0.15) is 99.8 Å². The molecule has 0 aromatic rings. The van der Waals surface area contributed by atoms with Crippen molar-refractivity contribution in [2.75, 3.05) is 0 Å². The lowest BCUT2D eigenvalue weighted by Crippen LogP contribution is -2.44. The molecular weight excluding hydrogens is 424 g/mol. The number of hydrogen-bond acceptors (Lipinski definition) is 1. The Morgan fingerprint density at radius 3 is 2.43 bits per heavy atom. The number of rotatable bonds is 10. The monoisotopic (exact) mass is 470 g/mol. The summed E-state index contributed by atoms with van der Waals surface area (Å²) in [6, 6.07) is 3.77. The molecule has 0 saturated heterocycles. The van der Waals surface area contributed by atoms with Crippen LogP contribution in [-0.2, 0) is 4.43 Å². The minimum absolute atomic E-state index is 0.0484. The predicted molar refractivity (Wildman–Crippen MR) is 131 cm³/mol. The van der Waals surface area contributed by atoms with Crippen molar-refractivity contribution in [3.63, 3.8) is 0 Å². The van der Waals surface area contributed by atoms with Gasteiger partial charge >= 0.3 is 0 Å². The minimum atomic E-state index is -1.51. The third kappa shape index (κ3) is 5.35. The van der Waals surface area contributed by atoms with Crippen LogP contribution < -0.4 is 0 Å². The zero-order chi connectivity index (χ0) is 21.0. The van der Waals surface area contributed by atoms with Gasteiger partial charge in [-0.25, -0.2) is 0 Å². The van der Waals surface area contributed by atoms with Crippen molar-refractivity contribution >= 4 is 24.2 Å². The summed E-state index contributed by atoms with van der Waals surface area (Å²) in [5, 5.41) is 0. The van der Waals surface area contributed by atoms with Crippen LogP contribution in [0.2, 0.25) is 18.1 Å². The van der Waals surface area contributed by atoms with Gasteiger partial charge in [-0.05, 0) is 98.7 Å². The van der Waals surface area contributed by atoms with E-state index in [0.29, 0.717) is 5.41 Å². The third-order valence-electron chi connectivity index (χ3n) is 8.73. The molecule has 2 aliphatic carbocycles. The van der Waals surface area contributed by atoms with Gasteiger partial charge in [0.05, 0.1) is 5.60 Å². The second kappa shape index (κ2) is 10.1. The Bertz CT molecular complexity index is 516. The number of allylic oxidation sites excluding steroid dienone is 1. The molecule has 1 nitrogen and oxygen atoms in total. The fourth-order valence-corrected chi connectivity index (χ4v) is 10.6. The smallest absolute Gasteiger partial charge is 0.192 e. The van der Waals surface area contributed by atoms with Crippen LogP contribution in [0.4, 0.5) is 0 Å². The molecule has 0 spiro atoms. The molecule has 3 heteroatoms. The first-order chi connectivity index (χ1) is 13.2. The van der Waals surface area contributed by atoms with Crippen molar-refractivity contribution in [2.24, 2.45) is 23.2 Å². The van der Waals surface area contributed by atoms with Gasteiger partial charge in [0.1, 0.15) is 0 Å². The average Bonchev–Trinajstić information content (AvgIpc) is 3.03. The fraction of sp³-hybridized carbons (Fsp3) is 0.920. The van der Waals surface area contributed by atoms with Gasteiger partial charge in [0.15, 0.2) is 8.32 Å². The topological polar surface area (TPSA) is 9.23 Å². The summed E-state index contributed by atoms with van der Waals surface area (Å²) >= 11 is 3.66. The first-order valence-corrected chi connectivity index (χ1v) is 15.6. The Hall–Kier alpha value is 0.397. The molecule has 164 valence electrons. The second-order valence-electron chi connectivity index (χ2n) is 10.8. The van der Waals surface area contributed by atoms with E-state index in [1.807, 2.05) is 0 Å². The molecule has 2 saturated carbocycles. The highest BCUT2D eigenvalue weighted by atomic mass is 79.9. The van der Waals surface area contributed by atoms with Gasteiger partial charge in [-0.1, -0.05) is 69.0 Å². The maximum atomic E-state index is 6.84. The van der Waals surface area contributed by atoms with Gasteiger partial charge in [0, 0.05) is 0 Å². The van der Waals surface area contributed by atoms with E-state index in [1.54, 1.807) is 5.57 Å². The van der Waals surface area contributed by atoms with Gasteiger partial charge in [-0.3, -0.25) is 0 Å². The van der Waals surface area contributed by atoms with Crippen LogP contribution >= 0.6 is 15.9 Å². The van der Waals surface area contributed by atoms with Crippen LogP contribution in [0.15, 0.2) is 10.6 Å². The fourth-order valence-electron chi connectivity index (χ4n) is 6.80. The molecule has 0 amide bonds. The summed E-state index contributed by atoms with van der Waals surface area (Å²) in [4.78, 5) is 2.26. The van der Waals surface area contributed by atoms with Crippen molar-refractivity contribution in [1.29, 1.82) is 0 Å². The molecule has 2 rings (SSSR count). The average molecular weight is 472 g/mol. The van der Waals surface area contributed by atoms with Crippen molar-refractivity contribution < 1.29 is 4.43 Å². The molecule has 0 radical (unpaired) electrons. The maximum absolute atomic E-state index is 6.84. The summed E-state index contributed by atoms with van der Waals surface area (Å²) in [5.74, 6) is 2.57. The summed E-state index contributed by atoms with van der Waals surface area (Å²) in [6.07, 6.45) is 10.9. The van der Waals surface area contributed by atoms with Gasteiger partial charge in [-0.2, -0.15) is 0 Å². The summed E-state index contributed by atoms with van der Waals surface area (Å²) in [6.45, 7) is 16.9. The summed E-state index contributed by atoms with van der Waals surface area (Å²) in [5.41, 5.74) is 2.28. The van der Waals surface area contributed by atoms with E-state index >= 15 is 0 Å². The van der Waals surface area contributed by atoms with Crippen molar-refractivity contribution in [1.82, 2.24) is 0 Å². The molecular formula is C25H47BrOSi. The lowest BCUT2D eigenvalue weighted by atomic mass is 9.61. The van der Waals surface area contributed by atoms with E-state index in [-0.39, 0.29) is 5.60 Å². The van der Waals surface area contributed by atoms with E-state index in [0.717, 1.165) is 17.8 Å². The molecule has 2 aliphatic rings. The standard InChI is InChI=1S/C25H47BrOSi/c1-8-28(9-2,10-3)27-24(5,6)17-11-13-20(4)22-15-16-23-21(19-26)14-12-18-25(22,23)7/h19-20,22-23H,8-18H2,1-7H3/t20-,22+,23-,25+/m0/s1. The normalized spacial score (nSPS) is 31.2. The Morgan fingerprint density at radius 2 is 1.86 bits per heavy atom. The Morgan fingerprint density at radius 1 is 1.21 bits per heavy atom. The van der Waals surface area contributed by atoms with Crippen LogP contribution in [0.5, 0.6) is 0 Å².